The van der Waals surface area contributed by atoms with Gasteiger partial charge in [-0.2, -0.15) is 0 Å². The van der Waals surface area contributed by atoms with E-state index in [2.05, 4.69) is 20.9 Å². The number of ether oxygens (including phenoxy) is 1. The highest BCUT2D eigenvalue weighted by Crippen LogP contribution is 2.13. The molecule has 200 valence electrons. The maximum absolute atomic E-state index is 14.3. The first-order chi connectivity index (χ1) is 17.5. The Morgan fingerprint density at radius 1 is 1.24 bits per heavy atom. The van der Waals surface area contributed by atoms with E-state index in [-0.39, 0.29) is 41.1 Å². The molecule has 0 aliphatic carbocycles. The van der Waals surface area contributed by atoms with Crippen LogP contribution in [0.2, 0.25) is 0 Å². The summed E-state index contributed by atoms with van der Waals surface area (Å²) in [5.41, 5.74) is -0.463. The molecule has 1 aromatic heterocycles. The van der Waals surface area contributed by atoms with Crippen LogP contribution in [-0.4, -0.2) is 51.7 Å². The van der Waals surface area contributed by atoms with Gasteiger partial charge < -0.3 is 20.7 Å². The number of carbonyl (C=O) groups excluding carboxylic acids is 5. The number of fused-ring (bicyclic) bond motifs is 2. The largest absolute Gasteiger partial charge is 0.456 e. The van der Waals surface area contributed by atoms with Crippen LogP contribution >= 0.6 is 11.8 Å². The van der Waals surface area contributed by atoms with Crippen molar-refractivity contribution in [2.75, 3.05) is 5.75 Å². The SMILES string of the molecule is C/C=C1\NC(=O)c2ccc(F)c(n2)CNC(=O)C[C@@H](/C=C/CCSC(C)=O)OC(=O)C(C(C)C)NC1=O. The fourth-order valence-corrected chi connectivity index (χ4v) is 3.77. The molecule has 0 saturated heterocycles. The number of pyridine rings is 1. The fourth-order valence-electron chi connectivity index (χ4n) is 3.23. The van der Waals surface area contributed by atoms with Gasteiger partial charge in [-0.25, -0.2) is 14.2 Å². The number of nitrogens with one attached hydrogen (secondary N) is 3. The highest BCUT2D eigenvalue weighted by molar-refractivity contribution is 8.13. The summed E-state index contributed by atoms with van der Waals surface area (Å²) in [5.74, 6) is -3.40. The number of amides is 3. The third-order valence-electron chi connectivity index (χ3n) is 5.19. The molecule has 0 spiro atoms. The van der Waals surface area contributed by atoms with E-state index in [4.69, 9.17) is 4.74 Å². The van der Waals surface area contributed by atoms with Gasteiger partial charge in [0.05, 0.1) is 18.7 Å². The van der Waals surface area contributed by atoms with Gasteiger partial charge in [0, 0.05) is 12.7 Å². The van der Waals surface area contributed by atoms with E-state index in [9.17, 15) is 28.4 Å². The Bertz CT molecular complexity index is 1100. The average Bonchev–Trinajstić information content (AvgIpc) is 2.83. The van der Waals surface area contributed by atoms with Crippen LogP contribution in [-0.2, 0) is 30.5 Å². The number of thioether (sulfide) groups is 1. The molecule has 1 unspecified atom stereocenters. The van der Waals surface area contributed by atoms with Crippen LogP contribution in [0.25, 0.3) is 0 Å². The quantitative estimate of drug-likeness (QED) is 0.226. The van der Waals surface area contributed by atoms with Crippen LogP contribution in [0.3, 0.4) is 0 Å². The molecule has 2 heterocycles. The van der Waals surface area contributed by atoms with E-state index in [0.29, 0.717) is 12.2 Å². The van der Waals surface area contributed by atoms with Gasteiger partial charge in [0.25, 0.3) is 11.8 Å². The number of allylic oxidation sites excluding steroid dienone is 2. The van der Waals surface area contributed by atoms with Crippen LogP contribution < -0.4 is 16.0 Å². The van der Waals surface area contributed by atoms with Crippen molar-refractivity contribution in [1.29, 1.82) is 0 Å². The van der Waals surface area contributed by atoms with Gasteiger partial charge >= 0.3 is 5.97 Å². The molecule has 0 saturated carbocycles. The summed E-state index contributed by atoms with van der Waals surface area (Å²) in [6, 6.07) is 1.13. The van der Waals surface area contributed by atoms with Crippen LogP contribution in [0.1, 0.15) is 56.7 Å². The minimum Gasteiger partial charge on any atom is -0.456 e. The van der Waals surface area contributed by atoms with Gasteiger partial charge in [0.1, 0.15) is 29.4 Å². The van der Waals surface area contributed by atoms with E-state index in [1.165, 1.54) is 26.0 Å². The molecule has 1 aliphatic heterocycles. The monoisotopic (exact) mass is 534 g/mol. The number of hydrogen-bond donors (Lipinski definition) is 3. The molecule has 2 rings (SSSR count). The molecular formula is C25H31FN4O6S. The molecule has 3 N–H and O–H groups in total. The lowest BCUT2D eigenvalue weighted by atomic mass is 10.0. The number of nitrogens with zero attached hydrogens (tertiary/aromatic N) is 1. The third-order valence-corrected chi connectivity index (χ3v) is 6.03. The fraction of sp³-hybridized carbons (Fsp3) is 0.440. The first kappa shape index (κ1) is 29.7. The molecular weight excluding hydrogens is 503 g/mol. The van der Waals surface area contributed by atoms with Gasteiger partial charge in [0.2, 0.25) is 5.91 Å². The van der Waals surface area contributed by atoms with E-state index in [1.54, 1.807) is 19.9 Å². The summed E-state index contributed by atoms with van der Waals surface area (Å²) < 4.78 is 19.8. The zero-order valence-electron chi connectivity index (χ0n) is 21.1. The Morgan fingerprint density at radius 2 is 1.97 bits per heavy atom. The van der Waals surface area contributed by atoms with Crippen molar-refractivity contribution in [1.82, 2.24) is 20.9 Å². The van der Waals surface area contributed by atoms with Crippen LogP contribution in [0.5, 0.6) is 0 Å². The van der Waals surface area contributed by atoms with Crippen LogP contribution in [0.15, 0.2) is 36.1 Å². The number of aromatic nitrogens is 1. The predicted octanol–water partition coefficient (Wildman–Crippen LogP) is 2.15. The minimum absolute atomic E-state index is 0.0268. The van der Waals surface area contributed by atoms with Crippen molar-refractivity contribution in [2.24, 2.45) is 5.92 Å². The smallest absolute Gasteiger partial charge is 0.329 e. The summed E-state index contributed by atoms with van der Waals surface area (Å²) in [6.45, 7) is 6.09. The van der Waals surface area contributed by atoms with Crippen molar-refractivity contribution in [3.8, 4) is 0 Å². The predicted molar refractivity (Wildman–Crippen MR) is 135 cm³/mol. The molecule has 3 amide bonds. The topological polar surface area (TPSA) is 144 Å². The summed E-state index contributed by atoms with van der Waals surface area (Å²) in [7, 11) is 0. The van der Waals surface area contributed by atoms with Gasteiger partial charge in [-0.05, 0) is 37.5 Å². The van der Waals surface area contributed by atoms with Crippen molar-refractivity contribution < 1.29 is 33.1 Å². The lowest BCUT2D eigenvalue weighted by Gasteiger charge is -2.24. The standard InChI is InChI=1S/C25H31FN4O6S/c1-5-18-23(33)30-22(14(2)3)25(35)36-16(8-6-7-11-37-15(4)31)12-21(32)27-13-20-17(26)9-10-19(28-20)24(34)29-18/h5-6,8-10,14,16,22H,7,11-13H2,1-4H3,(H,27,32)(H,29,34)(H,30,33)/b8-6+,18-5-/t16-,22?/m1/s1. The van der Waals surface area contributed by atoms with Crippen molar-refractivity contribution >= 4 is 40.6 Å². The second-order valence-corrected chi connectivity index (χ2v) is 9.76. The molecule has 0 aromatic carbocycles. The maximum atomic E-state index is 14.3. The maximum Gasteiger partial charge on any atom is 0.329 e. The number of esters is 1. The zero-order chi connectivity index (χ0) is 27.5. The Kier molecular flexibility index (Phi) is 11.4. The Labute approximate surface area is 218 Å². The van der Waals surface area contributed by atoms with E-state index < -0.39 is 41.7 Å². The Hall–Kier alpha value is -3.54. The van der Waals surface area contributed by atoms with Crippen molar-refractivity contribution in [3.05, 3.63) is 53.3 Å². The highest BCUT2D eigenvalue weighted by Gasteiger charge is 2.30. The molecule has 37 heavy (non-hydrogen) atoms. The lowest BCUT2D eigenvalue weighted by Crippen LogP contribution is -2.48. The molecule has 2 atom stereocenters. The molecule has 12 heteroatoms. The van der Waals surface area contributed by atoms with Crippen LogP contribution in [0.4, 0.5) is 4.39 Å². The number of hydrogen-bond acceptors (Lipinski definition) is 8. The Balaban J connectivity index is 2.37. The van der Waals surface area contributed by atoms with Gasteiger partial charge in [-0.15, -0.1) is 0 Å². The zero-order valence-corrected chi connectivity index (χ0v) is 21.9. The molecule has 2 bridgehead atoms. The van der Waals surface area contributed by atoms with Crippen molar-refractivity contribution in [2.45, 2.75) is 59.2 Å². The van der Waals surface area contributed by atoms with Gasteiger partial charge in [0.15, 0.2) is 5.12 Å². The number of rotatable bonds is 5. The number of halogens is 1. The summed E-state index contributed by atoms with van der Waals surface area (Å²) in [4.78, 5) is 66.2. The first-order valence-electron chi connectivity index (χ1n) is 11.7. The van der Waals surface area contributed by atoms with E-state index >= 15 is 0 Å². The second-order valence-electron chi connectivity index (χ2n) is 8.49. The number of cyclic esters (lactones) is 1. The second kappa shape index (κ2) is 14.3. The van der Waals surface area contributed by atoms with Gasteiger partial charge in [-0.3, -0.25) is 19.2 Å². The normalized spacial score (nSPS) is 21.0. The number of carbonyl (C=O) groups is 5. The molecule has 1 aliphatic rings. The lowest BCUT2D eigenvalue weighted by molar-refractivity contribution is -0.153. The third kappa shape index (κ3) is 9.45. The van der Waals surface area contributed by atoms with E-state index in [0.717, 1.165) is 23.9 Å². The Morgan fingerprint density at radius 3 is 2.62 bits per heavy atom. The minimum atomic E-state index is -1.07. The summed E-state index contributed by atoms with van der Waals surface area (Å²) >= 11 is 1.14. The molecule has 0 fully saturated rings. The molecule has 10 nitrogen and oxygen atoms in total. The molecule has 1 aromatic rings. The van der Waals surface area contributed by atoms with Gasteiger partial charge in [-0.1, -0.05) is 37.8 Å². The summed E-state index contributed by atoms with van der Waals surface area (Å²) in [6.07, 6.45) is 3.83. The first-order valence-corrected chi connectivity index (χ1v) is 12.7. The summed E-state index contributed by atoms with van der Waals surface area (Å²) in [5, 5.41) is 7.47. The highest BCUT2D eigenvalue weighted by atomic mass is 32.2. The van der Waals surface area contributed by atoms with E-state index in [1.807, 2.05) is 0 Å². The van der Waals surface area contributed by atoms with Crippen molar-refractivity contribution in [3.63, 3.8) is 0 Å². The molecule has 0 radical (unpaired) electrons. The average molecular weight is 535 g/mol. The van der Waals surface area contributed by atoms with Crippen LogP contribution in [0, 0.1) is 11.7 Å².